The van der Waals surface area contributed by atoms with Gasteiger partial charge in [-0.3, -0.25) is 19.8 Å². The molecule has 2 saturated heterocycles. The van der Waals surface area contributed by atoms with Crippen molar-refractivity contribution in [2.75, 3.05) is 58.3 Å². The number of piperidine rings is 1. The van der Waals surface area contributed by atoms with Crippen LogP contribution in [0.4, 0.5) is 11.4 Å². The third-order valence-electron chi connectivity index (χ3n) is 5.43. The average molecular weight is 361 g/mol. The number of piperazine rings is 1. The second-order valence-corrected chi connectivity index (χ2v) is 7.12. The average Bonchev–Trinajstić information content (AvgIpc) is 2.67. The lowest BCUT2D eigenvalue weighted by Crippen LogP contribution is -2.54. The number of carbonyl (C=O) groups excluding carboxylic acids is 1. The minimum Gasteiger partial charge on any atom is -0.368 e. The van der Waals surface area contributed by atoms with Gasteiger partial charge in [0.2, 0.25) is 0 Å². The highest BCUT2D eigenvalue weighted by molar-refractivity contribution is 6.00. The fourth-order valence-corrected chi connectivity index (χ4v) is 4.00. The summed E-state index contributed by atoms with van der Waals surface area (Å²) < 4.78 is 0. The zero-order valence-electron chi connectivity index (χ0n) is 15.5. The number of non-ortho nitro benzene ring substituents is 1. The van der Waals surface area contributed by atoms with E-state index in [4.69, 9.17) is 0 Å². The molecule has 3 rings (SSSR count). The predicted molar refractivity (Wildman–Crippen MR) is 101 cm³/mol. The van der Waals surface area contributed by atoms with Gasteiger partial charge in [-0.2, -0.15) is 0 Å². The molecule has 2 aliphatic rings. The Morgan fingerprint density at radius 1 is 1.23 bits per heavy atom. The Hall–Kier alpha value is -2.19. The zero-order chi connectivity index (χ0) is 18.7. The molecular weight excluding hydrogens is 334 g/mol. The number of nitro groups is 1. The van der Waals surface area contributed by atoms with Crippen molar-refractivity contribution in [2.45, 2.75) is 18.9 Å². The topological polar surface area (TPSA) is 82.0 Å². The van der Waals surface area contributed by atoms with Crippen LogP contribution in [0.5, 0.6) is 0 Å². The molecule has 1 aromatic rings. The number of likely N-dealkylation sites (tertiary alicyclic amines) is 1. The number of amides is 1. The van der Waals surface area contributed by atoms with Crippen LogP contribution < -0.4 is 10.2 Å². The summed E-state index contributed by atoms with van der Waals surface area (Å²) in [7, 11) is 3.72. The Morgan fingerprint density at radius 2 is 1.96 bits per heavy atom. The van der Waals surface area contributed by atoms with Crippen molar-refractivity contribution < 1.29 is 9.72 Å². The first-order valence-corrected chi connectivity index (χ1v) is 9.17. The second kappa shape index (κ2) is 8.01. The molecule has 0 spiro atoms. The first kappa shape index (κ1) is 18.6. The summed E-state index contributed by atoms with van der Waals surface area (Å²) in [6.45, 7) is 5.82. The van der Waals surface area contributed by atoms with Gasteiger partial charge >= 0.3 is 0 Å². The SMILES string of the molecule is CNC(=O)c1cc([N+](=O)[O-])ccc1N1CCN(C2CCCN(C)C2)CC1. The van der Waals surface area contributed by atoms with Gasteiger partial charge in [0, 0.05) is 57.9 Å². The molecule has 1 N–H and O–H groups in total. The van der Waals surface area contributed by atoms with Crippen molar-refractivity contribution in [1.82, 2.24) is 15.1 Å². The summed E-state index contributed by atoms with van der Waals surface area (Å²) in [4.78, 5) is 29.9. The van der Waals surface area contributed by atoms with Crippen molar-refractivity contribution in [2.24, 2.45) is 0 Å². The van der Waals surface area contributed by atoms with E-state index in [2.05, 4.69) is 27.1 Å². The number of rotatable bonds is 4. The van der Waals surface area contributed by atoms with Gasteiger partial charge in [0.05, 0.1) is 16.2 Å². The van der Waals surface area contributed by atoms with Crippen LogP contribution in [0.1, 0.15) is 23.2 Å². The normalized spacial score (nSPS) is 22.2. The molecule has 2 fully saturated rings. The van der Waals surface area contributed by atoms with Crippen LogP contribution in [-0.2, 0) is 0 Å². The minimum absolute atomic E-state index is 0.0590. The molecule has 0 aromatic heterocycles. The molecule has 142 valence electrons. The van der Waals surface area contributed by atoms with Crippen LogP contribution in [0, 0.1) is 10.1 Å². The number of nitrogens with zero attached hydrogens (tertiary/aromatic N) is 4. The van der Waals surface area contributed by atoms with Crippen molar-refractivity contribution in [3.8, 4) is 0 Å². The summed E-state index contributed by atoms with van der Waals surface area (Å²) in [5.74, 6) is -0.292. The van der Waals surface area contributed by atoms with Crippen LogP contribution in [0.15, 0.2) is 18.2 Å². The maximum absolute atomic E-state index is 12.2. The van der Waals surface area contributed by atoms with E-state index in [0.29, 0.717) is 11.6 Å². The molecule has 1 unspecified atom stereocenters. The number of likely N-dealkylation sites (N-methyl/N-ethyl adjacent to an activating group) is 1. The van der Waals surface area contributed by atoms with E-state index in [0.717, 1.165) is 38.4 Å². The quantitative estimate of drug-likeness (QED) is 0.640. The molecule has 0 bridgehead atoms. The predicted octanol–water partition coefficient (Wildman–Crippen LogP) is 1.17. The summed E-state index contributed by atoms with van der Waals surface area (Å²) in [6.07, 6.45) is 2.48. The zero-order valence-corrected chi connectivity index (χ0v) is 15.5. The largest absolute Gasteiger partial charge is 0.368 e. The molecule has 0 aliphatic carbocycles. The number of hydrogen-bond donors (Lipinski definition) is 1. The smallest absolute Gasteiger partial charge is 0.270 e. The number of benzene rings is 1. The molecule has 1 atom stereocenters. The second-order valence-electron chi connectivity index (χ2n) is 7.12. The molecule has 8 nitrogen and oxygen atoms in total. The van der Waals surface area contributed by atoms with Gasteiger partial charge in [0.25, 0.3) is 11.6 Å². The van der Waals surface area contributed by atoms with Crippen molar-refractivity contribution in [3.63, 3.8) is 0 Å². The van der Waals surface area contributed by atoms with Gasteiger partial charge in [0.1, 0.15) is 0 Å². The van der Waals surface area contributed by atoms with Crippen LogP contribution in [-0.4, -0.2) is 80.0 Å². The summed E-state index contributed by atoms with van der Waals surface area (Å²) >= 11 is 0. The lowest BCUT2D eigenvalue weighted by molar-refractivity contribution is -0.384. The van der Waals surface area contributed by atoms with Crippen molar-refractivity contribution >= 4 is 17.3 Å². The molecule has 2 aliphatic heterocycles. The number of nitrogens with one attached hydrogen (secondary N) is 1. The van der Waals surface area contributed by atoms with Crippen molar-refractivity contribution in [3.05, 3.63) is 33.9 Å². The minimum atomic E-state index is -0.465. The summed E-state index contributed by atoms with van der Waals surface area (Å²) in [6, 6.07) is 5.15. The molecule has 0 radical (unpaired) electrons. The Morgan fingerprint density at radius 3 is 2.58 bits per heavy atom. The molecule has 0 saturated carbocycles. The van der Waals surface area contributed by atoms with Crippen molar-refractivity contribution in [1.29, 1.82) is 0 Å². The number of nitro benzene ring substituents is 1. The fourth-order valence-electron chi connectivity index (χ4n) is 4.00. The van der Waals surface area contributed by atoms with E-state index in [9.17, 15) is 14.9 Å². The summed E-state index contributed by atoms with van der Waals surface area (Å²) in [5, 5.41) is 13.6. The number of hydrogen-bond acceptors (Lipinski definition) is 6. The van der Waals surface area contributed by atoms with E-state index >= 15 is 0 Å². The van der Waals surface area contributed by atoms with Crippen LogP contribution >= 0.6 is 0 Å². The van der Waals surface area contributed by atoms with Crippen LogP contribution in [0.25, 0.3) is 0 Å². The van der Waals surface area contributed by atoms with E-state index in [1.807, 2.05) is 0 Å². The highest BCUT2D eigenvalue weighted by Crippen LogP contribution is 2.27. The fraction of sp³-hybridized carbons (Fsp3) is 0.611. The molecule has 8 heteroatoms. The van der Waals surface area contributed by atoms with Gasteiger partial charge < -0.3 is 15.1 Å². The van der Waals surface area contributed by atoms with Crippen LogP contribution in [0.2, 0.25) is 0 Å². The van der Waals surface area contributed by atoms with Gasteiger partial charge in [-0.05, 0) is 32.5 Å². The maximum Gasteiger partial charge on any atom is 0.270 e. The molecule has 1 amide bonds. The first-order valence-electron chi connectivity index (χ1n) is 9.17. The standard InChI is InChI=1S/C18H27N5O3/c1-19-18(24)16-12-14(23(25)26)5-6-17(16)22-10-8-21(9-11-22)15-4-3-7-20(2)13-15/h5-6,12,15H,3-4,7-11,13H2,1-2H3,(H,19,24). The number of carbonyl (C=O) groups is 1. The lowest BCUT2D eigenvalue weighted by Gasteiger charge is -2.43. The Bertz CT molecular complexity index is 673. The Balaban J connectivity index is 1.72. The van der Waals surface area contributed by atoms with E-state index in [1.54, 1.807) is 13.1 Å². The van der Waals surface area contributed by atoms with Gasteiger partial charge in [0.15, 0.2) is 0 Å². The maximum atomic E-state index is 12.2. The lowest BCUT2D eigenvalue weighted by atomic mass is 10.0. The van der Waals surface area contributed by atoms with E-state index < -0.39 is 4.92 Å². The van der Waals surface area contributed by atoms with E-state index in [-0.39, 0.29) is 11.6 Å². The van der Waals surface area contributed by atoms with Gasteiger partial charge in [-0.15, -0.1) is 0 Å². The molecule has 2 heterocycles. The third kappa shape index (κ3) is 3.96. The first-order chi connectivity index (χ1) is 12.5. The Labute approximate surface area is 153 Å². The van der Waals surface area contributed by atoms with E-state index in [1.165, 1.54) is 31.5 Å². The van der Waals surface area contributed by atoms with Crippen LogP contribution in [0.3, 0.4) is 0 Å². The molecule has 1 aromatic carbocycles. The Kier molecular flexibility index (Phi) is 5.73. The van der Waals surface area contributed by atoms with Gasteiger partial charge in [-0.25, -0.2) is 0 Å². The highest BCUT2D eigenvalue weighted by atomic mass is 16.6. The number of anilines is 1. The third-order valence-corrected chi connectivity index (χ3v) is 5.43. The highest BCUT2D eigenvalue weighted by Gasteiger charge is 2.28. The molecule has 26 heavy (non-hydrogen) atoms. The summed E-state index contributed by atoms with van der Waals surface area (Å²) in [5.41, 5.74) is 1.08. The monoisotopic (exact) mass is 361 g/mol. The van der Waals surface area contributed by atoms with Gasteiger partial charge in [-0.1, -0.05) is 0 Å². The molecular formula is C18H27N5O3.